The fraction of sp³-hybridized carbons (Fsp3) is 0.348. The molecule has 3 aromatic rings. The third-order valence-corrected chi connectivity index (χ3v) is 5.77. The average molecular weight is 406 g/mol. The molecular weight excluding hydrogens is 378 g/mol. The van der Waals surface area contributed by atoms with Gasteiger partial charge < -0.3 is 21.5 Å². The van der Waals surface area contributed by atoms with E-state index < -0.39 is 6.09 Å². The van der Waals surface area contributed by atoms with E-state index >= 15 is 0 Å². The number of aromatic nitrogens is 2. The normalized spacial score (nSPS) is 18.8. The zero-order valence-corrected chi connectivity index (χ0v) is 17.1. The summed E-state index contributed by atoms with van der Waals surface area (Å²) in [7, 11) is 0. The number of fused-ring (bicyclic) bond motifs is 1. The molecule has 0 bridgehead atoms. The van der Waals surface area contributed by atoms with Gasteiger partial charge in [0.15, 0.2) is 0 Å². The Morgan fingerprint density at radius 3 is 2.47 bits per heavy atom. The highest BCUT2D eigenvalue weighted by Gasteiger charge is 2.22. The van der Waals surface area contributed by atoms with Crippen LogP contribution >= 0.6 is 0 Å². The molecule has 0 atom stereocenters. The van der Waals surface area contributed by atoms with Crippen LogP contribution in [0.15, 0.2) is 42.6 Å². The summed E-state index contributed by atoms with van der Waals surface area (Å²) in [5.41, 5.74) is 11.0. The van der Waals surface area contributed by atoms with Crippen molar-refractivity contribution in [2.24, 2.45) is 0 Å². The predicted molar refractivity (Wildman–Crippen MR) is 120 cm³/mol. The van der Waals surface area contributed by atoms with Gasteiger partial charge in [-0.15, -0.1) is 0 Å². The van der Waals surface area contributed by atoms with E-state index in [2.05, 4.69) is 34.7 Å². The standard InChI is InChI=1S/C23H27N5O2/c1-2-14-11-16(15-3-5-18(24)6-4-15)12-17-13-25-22(28-21(14)17)26-19-7-9-20(10-8-19)27-23(29)30/h3-6,11-13,19-20,27H,2,7-10,24H2,1H3,(H,29,30)(H,25,26,28)/t19-,20-. The molecular formula is C23H27N5O2. The quantitative estimate of drug-likeness (QED) is 0.467. The van der Waals surface area contributed by atoms with Crippen molar-refractivity contribution in [2.45, 2.75) is 51.1 Å². The average Bonchev–Trinajstić information content (AvgIpc) is 2.74. The summed E-state index contributed by atoms with van der Waals surface area (Å²) in [4.78, 5) is 20.1. The Balaban J connectivity index is 1.53. The summed E-state index contributed by atoms with van der Waals surface area (Å²) < 4.78 is 0. The van der Waals surface area contributed by atoms with Crippen molar-refractivity contribution in [3.63, 3.8) is 0 Å². The molecule has 1 aromatic heterocycles. The van der Waals surface area contributed by atoms with Gasteiger partial charge in [0.1, 0.15) is 0 Å². The van der Waals surface area contributed by atoms with Crippen LogP contribution in [0.2, 0.25) is 0 Å². The lowest BCUT2D eigenvalue weighted by Gasteiger charge is -2.28. The number of benzene rings is 2. The first-order chi connectivity index (χ1) is 14.5. The van der Waals surface area contributed by atoms with Gasteiger partial charge in [0.2, 0.25) is 5.95 Å². The van der Waals surface area contributed by atoms with E-state index in [4.69, 9.17) is 15.8 Å². The Hall–Kier alpha value is -3.35. The monoisotopic (exact) mass is 405 g/mol. The number of hydrogen-bond donors (Lipinski definition) is 4. The van der Waals surface area contributed by atoms with Gasteiger partial charge in [-0.25, -0.2) is 14.8 Å². The number of carboxylic acid groups (broad SMARTS) is 1. The Morgan fingerprint density at radius 1 is 1.10 bits per heavy atom. The number of nitrogen functional groups attached to an aromatic ring is 1. The number of hydrogen-bond acceptors (Lipinski definition) is 5. The molecule has 1 fully saturated rings. The molecule has 0 spiro atoms. The zero-order chi connectivity index (χ0) is 21.1. The van der Waals surface area contributed by atoms with E-state index in [-0.39, 0.29) is 12.1 Å². The van der Waals surface area contributed by atoms with Crippen molar-refractivity contribution in [1.29, 1.82) is 0 Å². The number of nitrogens with one attached hydrogen (secondary N) is 2. The number of carbonyl (C=O) groups is 1. The van der Waals surface area contributed by atoms with Gasteiger partial charge in [0, 0.05) is 29.4 Å². The molecule has 1 aliphatic carbocycles. The van der Waals surface area contributed by atoms with Crippen molar-refractivity contribution >= 4 is 28.6 Å². The van der Waals surface area contributed by atoms with Gasteiger partial charge in [0.25, 0.3) is 0 Å². The number of nitrogens with zero attached hydrogens (tertiary/aromatic N) is 2. The molecule has 1 aliphatic rings. The Labute approximate surface area is 175 Å². The van der Waals surface area contributed by atoms with Crippen molar-refractivity contribution < 1.29 is 9.90 Å². The first kappa shape index (κ1) is 19.9. The van der Waals surface area contributed by atoms with E-state index in [0.29, 0.717) is 5.95 Å². The number of anilines is 2. The minimum absolute atomic E-state index is 0.0384. The molecule has 30 heavy (non-hydrogen) atoms. The van der Waals surface area contributed by atoms with Crippen LogP contribution in [0, 0.1) is 0 Å². The number of aryl methyl sites for hydroxylation is 1. The topological polar surface area (TPSA) is 113 Å². The van der Waals surface area contributed by atoms with Crippen LogP contribution in [-0.4, -0.2) is 33.3 Å². The van der Waals surface area contributed by atoms with Gasteiger partial charge in [-0.2, -0.15) is 0 Å². The molecule has 1 heterocycles. The van der Waals surface area contributed by atoms with Gasteiger partial charge in [0.05, 0.1) is 5.52 Å². The summed E-state index contributed by atoms with van der Waals surface area (Å²) in [5.74, 6) is 0.632. The van der Waals surface area contributed by atoms with Crippen molar-refractivity contribution in [1.82, 2.24) is 15.3 Å². The van der Waals surface area contributed by atoms with Crippen molar-refractivity contribution in [3.05, 3.63) is 48.2 Å². The fourth-order valence-electron chi connectivity index (χ4n) is 4.14. The molecule has 4 rings (SSSR count). The van der Waals surface area contributed by atoms with Crippen LogP contribution in [0.25, 0.3) is 22.0 Å². The lowest BCUT2D eigenvalue weighted by Crippen LogP contribution is -2.39. The Bertz CT molecular complexity index is 1040. The number of amides is 1. The minimum Gasteiger partial charge on any atom is -0.465 e. The second-order valence-corrected chi connectivity index (χ2v) is 7.88. The lowest BCUT2D eigenvalue weighted by atomic mass is 9.91. The van der Waals surface area contributed by atoms with Gasteiger partial charge >= 0.3 is 6.09 Å². The Morgan fingerprint density at radius 2 is 1.80 bits per heavy atom. The number of rotatable bonds is 5. The third kappa shape index (κ3) is 4.45. The van der Waals surface area contributed by atoms with Gasteiger partial charge in [-0.1, -0.05) is 19.1 Å². The summed E-state index contributed by atoms with van der Waals surface area (Å²) >= 11 is 0. The summed E-state index contributed by atoms with van der Waals surface area (Å²) in [6, 6.07) is 12.5. The highest BCUT2D eigenvalue weighted by atomic mass is 16.4. The van der Waals surface area contributed by atoms with Crippen molar-refractivity contribution in [3.8, 4) is 11.1 Å². The maximum Gasteiger partial charge on any atom is 0.404 e. The molecule has 5 N–H and O–H groups in total. The minimum atomic E-state index is -0.949. The van der Waals surface area contributed by atoms with Crippen molar-refractivity contribution in [2.75, 3.05) is 11.1 Å². The molecule has 0 aliphatic heterocycles. The SMILES string of the molecule is CCc1cc(-c2ccc(N)cc2)cc2cnc(N[C@H]3CC[C@H](NC(=O)O)CC3)nc12. The van der Waals surface area contributed by atoms with Crippen LogP contribution < -0.4 is 16.4 Å². The van der Waals surface area contributed by atoms with E-state index in [1.807, 2.05) is 30.5 Å². The zero-order valence-electron chi connectivity index (χ0n) is 17.1. The molecule has 0 radical (unpaired) electrons. The second kappa shape index (κ2) is 8.57. The maximum absolute atomic E-state index is 10.8. The van der Waals surface area contributed by atoms with E-state index in [0.717, 1.165) is 59.8 Å². The summed E-state index contributed by atoms with van der Waals surface area (Å²) in [5, 5.41) is 15.9. The predicted octanol–water partition coefficient (Wildman–Crippen LogP) is 4.43. The van der Waals surface area contributed by atoms with Gasteiger partial charge in [-0.05, 0) is 73.1 Å². The van der Waals surface area contributed by atoms with Crippen LogP contribution in [-0.2, 0) is 6.42 Å². The third-order valence-electron chi connectivity index (χ3n) is 5.77. The Kier molecular flexibility index (Phi) is 5.70. The first-order valence-electron chi connectivity index (χ1n) is 10.4. The van der Waals surface area contributed by atoms with E-state index in [1.54, 1.807) is 0 Å². The maximum atomic E-state index is 10.8. The highest BCUT2D eigenvalue weighted by Crippen LogP contribution is 2.29. The molecule has 7 nitrogen and oxygen atoms in total. The first-order valence-corrected chi connectivity index (χ1v) is 10.4. The van der Waals surface area contributed by atoms with Crippen LogP contribution in [0.4, 0.5) is 16.4 Å². The molecule has 7 heteroatoms. The van der Waals surface area contributed by atoms with E-state index in [9.17, 15) is 4.79 Å². The molecule has 2 aromatic carbocycles. The van der Waals surface area contributed by atoms with Crippen LogP contribution in [0.3, 0.4) is 0 Å². The highest BCUT2D eigenvalue weighted by molar-refractivity contribution is 5.87. The fourth-order valence-corrected chi connectivity index (χ4v) is 4.14. The molecule has 0 unspecified atom stereocenters. The molecule has 1 saturated carbocycles. The second-order valence-electron chi connectivity index (χ2n) is 7.88. The van der Waals surface area contributed by atoms with E-state index in [1.165, 1.54) is 5.56 Å². The lowest BCUT2D eigenvalue weighted by molar-refractivity contribution is 0.185. The molecule has 0 saturated heterocycles. The molecule has 1 amide bonds. The van der Waals surface area contributed by atoms with Gasteiger partial charge in [-0.3, -0.25) is 0 Å². The van der Waals surface area contributed by atoms with Crippen LogP contribution in [0.5, 0.6) is 0 Å². The number of nitrogens with two attached hydrogens (primary N) is 1. The largest absolute Gasteiger partial charge is 0.465 e. The summed E-state index contributed by atoms with van der Waals surface area (Å²) in [6.45, 7) is 2.13. The summed E-state index contributed by atoms with van der Waals surface area (Å²) in [6.07, 6.45) is 5.23. The van der Waals surface area contributed by atoms with Crippen LogP contribution in [0.1, 0.15) is 38.2 Å². The smallest absolute Gasteiger partial charge is 0.404 e. The molecule has 156 valence electrons.